The average molecular weight is 222 g/mol. The van der Waals surface area contributed by atoms with Gasteiger partial charge in [0.15, 0.2) is 0 Å². The highest BCUT2D eigenvalue weighted by Gasteiger charge is 2.55. The van der Waals surface area contributed by atoms with Crippen LogP contribution in [0.5, 0.6) is 0 Å². The van der Waals surface area contributed by atoms with Gasteiger partial charge in [-0.1, -0.05) is 23.7 Å². The van der Waals surface area contributed by atoms with Crippen LogP contribution in [-0.2, 0) is 11.8 Å². The third-order valence-electron chi connectivity index (χ3n) is 4.22. The monoisotopic (exact) mass is 221 g/mol. The highest BCUT2D eigenvalue weighted by molar-refractivity contribution is 6.31. The first-order valence-corrected chi connectivity index (χ1v) is 6.14. The third kappa shape index (κ3) is 1.26. The minimum absolute atomic E-state index is 0.410. The van der Waals surface area contributed by atoms with Crippen molar-refractivity contribution < 1.29 is 0 Å². The van der Waals surface area contributed by atoms with Crippen LogP contribution in [0.2, 0.25) is 5.02 Å². The van der Waals surface area contributed by atoms with Crippen LogP contribution in [0.3, 0.4) is 0 Å². The topological polar surface area (TPSA) is 26.0 Å². The number of nitrogens with two attached hydrogens (primary N) is 1. The van der Waals surface area contributed by atoms with Crippen LogP contribution in [0.25, 0.3) is 0 Å². The van der Waals surface area contributed by atoms with Crippen LogP contribution in [0.4, 0.5) is 0 Å². The van der Waals surface area contributed by atoms with Crippen molar-refractivity contribution in [3.8, 4) is 0 Å². The van der Waals surface area contributed by atoms with Crippen molar-refractivity contribution >= 4 is 11.6 Å². The normalized spacial score (nSPS) is 32.8. The molecule has 2 aliphatic carbocycles. The summed E-state index contributed by atoms with van der Waals surface area (Å²) < 4.78 is 0. The van der Waals surface area contributed by atoms with E-state index in [1.165, 1.54) is 30.4 Å². The molecule has 0 aromatic heterocycles. The number of rotatable bonds is 1. The molecule has 1 saturated carbocycles. The van der Waals surface area contributed by atoms with Gasteiger partial charge in [-0.25, -0.2) is 0 Å². The van der Waals surface area contributed by atoms with Gasteiger partial charge in [-0.2, -0.15) is 0 Å². The Bertz CT molecular complexity index is 402. The second-order valence-corrected chi connectivity index (χ2v) is 5.32. The van der Waals surface area contributed by atoms with E-state index in [9.17, 15) is 0 Å². The van der Waals surface area contributed by atoms with Gasteiger partial charge in [0.05, 0.1) is 0 Å². The molecular formula is C13H16ClN. The SMILES string of the molecule is NCC1CC12CCCc1c(Cl)cccc12. The first-order valence-electron chi connectivity index (χ1n) is 5.76. The summed E-state index contributed by atoms with van der Waals surface area (Å²) in [6.07, 6.45) is 5.00. The van der Waals surface area contributed by atoms with Crippen molar-refractivity contribution in [2.75, 3.05) is 6.54 Å². The molecule has 15 heavy (non-hydrogen) atoms. The van der Waals surface area contributed by atoms with Gasteiger partial charge in [0.25, 0.3) is 0 Å². The Morgan fingerprint density at radius 2 is 2.33 bits per heavy atom. The molecule has 1 nitrogen and oxygen atoms in total. The molecule has 0 saturated heterocycles. The van der Waals surface area contributed by atoms with Crippen LogP contribution < -0.4 is 5.73 Å². The van der Waals surface area contributed by atoms with E-state index in [-0.39, 0.29) is 0 Å². The number of halogens is 1. The minimum atomic E-state index is 0.410. The third-order valence-corrected chi connectivity index (χ3v) is 4.58. The second kappa shape index (κ2) is 3.23. The van der Waals surface area contributed by atoms with Crippen molar-refractivity contribution in [3.63, 3.8) is 0 Å². The van der Waals surface area contributed by atoms with E-state index in [1.807, 2.05) is 6.07 Å². The van der Waals surface area contributed by atoms with Crippen LogP contribution >= 0.6 is 11.6 Å². The van der Waals surface area contributed by atoms with Crippen molar-refractivity contribution in [2.45, 2.75) is 31.1 Å². The molecule has 1 spiro atoms. The number of fused-ring (bicyclic) bond motifs is 2. The van der Waals surface area contributed by atoms with Crippen LogP contribution in [0.1, 0.15) is 30.4 Å². The van der Waals surface area contributed by atoms with E-state index in [4.69, 9.17) is 17.3 Å². The standard InChI is InChI=1S/C13H16ClN/c14-12-5-1-4-11-10(12)3-2-6-13(11)7-9(13)8-15/h1,4-5,9H,2-3,6-8,15H2. The molecule has 0 aliphatic heterocycles. The van der Waals surface area contributed by atoms with Crippen molar-refractivity contribution in [3.05, 3.63) is 34.3 Å². The van der Waals surface area contributed by atoms with Gasteiger partial charge in [-0.3, -0.25) is 0 Å². The maximum Gasteiger partial charge on any atom is 0.0440 e. The molecule has 0 amide bonds. The van der Waals surface area contributed by atoms with Gasteiger partial charge in [0.2, 0.25) is 0 Å². The largest absolute Gasteiger partial charge is 0.330 e. The number of hydrogen-bond donors (Lipinski definition) is 1. The fraction of sp³-hybridized carbons (Fsp3) is 0.538. The first kappa shape index (κ1) is 9.68. The van der Waals surface area contributed by atoms with Gasteiger partial charge in [0.1, 0.15) is 0 Å². The van der Waals surface area contributed by atoms with Crippen molar-refractivity contribution in [2.24, 2.45) is 11.7 Å². The zero-order valence-electron chi connectivity index (χ0n) is 8.80. The van der Waals surface area contributed by atoms with Crippen molar-refractivity contribution in [1.82, 2.24) is 0 Å². The number of hydrogen-bond acceptors (Lipinski definition) is 1. The summed E-state index contributed by atoms with van der Waals surface area (Å²) in [7, 11) is 0. The minimum Gasteiger partial charge on any atom is -0.330 e. The van der Waals surface area contributed by atoms with E-state index in [1.54, 1.807) is 0 Å². The highest BCUT2D eigenvalue weighted by atomic mass is 35.5. The zero-order valence-corrected chi connectivity index (χ0v) is 9.56. The molecule has 0 heterocycles. The maximum absolute atomic E-state index is 6.26. The van der Waals surface area contributed by atoms with E-state index < -0.39 is 0 Å². The molecule has 2 unspecified atom stereocenters. The van der Waals surface area contributed by atoms with Crippen molar-refractivity contribution in [1.29, 1.82) is 0 Å². The Hall–Kier alpha value is -0.530. The van der Waals surface area contributed by atoms with E-state index in [2.05, 4.69) is 12.1 Å². The molecule has 3 rings (SSSR count). The molecule has 2 N–H and O–H groups in total. The fourth-order valence-electron chi connectivity index (χ4n) is 3.32. The van der Waals surface area contributed by atoms with E-state index in [0.717, 1.165) is 18.0 Å². The summed E-state index contributed by atoms with van der Waals surface area (Å²) in [5.41, 5.74) is 9.10. The number of benzene rings is 1. The smallest absolute Gasteiger partial charge is 0.0440 e. The lowest BCUT2D eigenvalue weighted by Gasteiger charge is -2.27. The lowest BCUT2D eigenvalue weighted by molar-refractivity contribution is 0.499. The predicted octanol–water partition coefficient (Wildman–Crippen LogP) is 2.89. The quantitative estimate of drug-likeness (QED) is 0.776. The summed E-state index contributed by atoms with van der Waals surface area (Å²) in [5.74, 6) is 0.704. The Labute approximate surface area is 95.6 Å². The summed E-state index contributed by atoms with van der Waals surface area (Å²) in [6, 6.07) is 6.36. The zero-order chi connectivity index (χ0) is 10.5. The Kier molecular flexibility index (Phi) is 2.08. The van der Waals surface area contributed by atoms with Crippen LogP contribution in [0.15, 0.2) is 18.2 Å². The Morgan fingerprint density at radius 3 is 3.07 bits per heavy atom. The Morgan fingerprint density at radius 1 is 1.47 bits per heavy atom. The fourth-order valence-corrected chi connectivity index (χ4v) is 3.59. The van der Waals surface area contributed by atoms with E-state index in [0.29, 0.717) is 11.3 Å². The molecule has 80 valence electrons. The summed E-state index contributed by atoms with van der Waals surface area (Å²) >= 11 is 6.26. The predicted molar refractivity (Wildman–Crippen MR) is 63.2 cm³/mol. The van der Waals surface area contributed by atoms with Crippen LogP contribution in [0, 0.1) is 5.92 Å². The Balaban J connectivity index is 2.09. The van der Waals surface area contributed by atoms with Gasteiger partial charge < -0.3 is 5.73 Å². The summed E-state index contributed by atoms with van der Waals surface area (Å²) in [4.78, 5) is 0. The molecule has 2 atom stereocenters. The lowest BCUT2D eigenvalue weighted by Crippen LogP contribution is -2.21. The second-order valence-electron chi connectivity index (χ2n) is 4.91. The summed E-state index contributed by atoms with van der Waals surface area (Å²) in [5, 5.41) is 0.953. The molecule has 0 bridgehead atoms. The molecule has 0 radical (unpaired) electrons. The molecule has 1 fully saturated rings. The summed E-state index contributed by atoms with van der Waals surface area (Å²) in [6.45, 7) is 0.825. The molecule has 1 aromatic rings. The maximum atomic E-state index is 6.26. The van der Waals surface area contributed by atoms with Crippen LogP contribution in [-0.4, -0.2) is 6.54 Å². The van der Waals surface area contributed by atoms with Gasteiger partial charge in [-0.15, -0.1) is 0 Å². The van der Waals surface area contributed by atoms with E-state index >= 15 is 0 Å². The highest BCUT2D eigenvalue weighted by Crippen LogP contribution is 2.60. The van der Waals surface area contributed by atoms with Gasteiger partial charge in [0, 0.05) is 10.4 Å². The van der Waals surface area contributed by atoms with Gasteiger partial charge >= 0.3 is 0 Å². The average Bonchev–Trinajstić information content (AvgIpc) is 2.95. The molecule has 2 heteroatoms. The molecular weight excluding hydrogens is 206 g/mol. The lowest BCUT2D eigenvalue weighted by atomic mass is 9.78. The molecule has 1 aromatic carbocycles. The first-order chi connectivity index (χ1) is 7.28. The van der Waals surface area contributed by atoms with Gasteiger partial charge in [-0.05, 0) is 55.3 Å². The molecule has 2 aliphatic rings.